The Morgan fingerprint density at radius 1 is 1.38 bits per heavy atom. The average Bonchev–Trinajstić information content (AvgIpc) is 2.99. The van der Waals surface area contributed by atoms with Crippen LogP contribution in [0.4, 0.5) is 0 Å². The van der Waals surface area contributed by atoms with Crippen LogP contribution in [0.3, 0.4) is 0 Å². The third-order valence-electron chi connectivity index (χ3n) is 6.50. The molecule has 2 nitrogen and oxygen atoms in total. The van der Waals surface area contributed by atoms with Gasteiger partial charge in [0.1, 0.15) is 0 Å². The predicted octanol–water partition coefficient (Wildman–Crippen LogP) is 4.34. The zero-order valence-corrected chi connectivity index (χ0v) is 15.4. The summed E-state index contributed by atoms with van der Waals surface area (Å²) in [4.78, 5) is 3.46. The Hall–Kier alpha value is -1.51. The lowest BCUT2D eigenvalue weighted by Gasteiger charge is -2.49. The molecule has 2 aliphatic carbocycles. The fourth-order valence-corrected chi connectivity index (χ4v) is 5.28. The number of rotatable bonds is 2. The first-order chi connectivity index (χ1) is 11.4. The van der Waals surface area contributed by atoms with Gasteiger partial charge in [-0.15, -0.1) is 25.2 Å². The molecule has 24 heavy (non-hydrogen) atoms. The van der Waals surface area contributed by atoms with Gasteiger partial charge in [0, 0.05) is 34.2 Å². The van der Waals surface area contributed by atoms with Crippen LogP contribution in [0.5, 0.6) is 0 Å². The summed E-state index contributed by atoms with van der Waals surface area (Å²) in [7, 11) is 4.13. The molecule has 1 heterocycles. The van der Waals surface area contributed by atoms with Crippen molar-refractivity contribution in [3.63, 3.8) is 0 Å². The van der Waals surface area contributed by atoms with Gasteiger partial charge in [-0.05, 0) is 30.4 Å². The number of hydrogen-bond acceptors (Lipinski definition) is 0. The zero-order valence-electron chi connectivity index (χ0n) is 14.6. The van der Waals surface area contributed by atoms with Crippen molar-refractivity contribution in [2.75, 3.05) is 0 Å². The van der Waals surface area contributed by atoms with Crippen LogP contribution in [0.1, 0.15) is 38.3 Å². The number of aromatic amines is 1. The molecule has 0 unspecified atom stereocenters. The lowest BCUT2D eigenvalue weighted by Crippen LogP contribution is -2.79. The molecule has 2 aliphatic rings. The Kier molecular flexibility index (Phi) is 3.33. The third kappa shape index (κ3) is 1.76. The second kappa shape index (κ2) is 5.00. The van der Waals surface area contributed by atoms with Crippen LogP contribution in [0.15, 0.2) is 42.7 Å². The maximum Gasteiger partial charge on any atom is 0.0948 e. The summed E-state index contributed by atoms with van der Waals surface area (Å²) in [6.07, 6.45) is 5.11. The van der Waals surface area contributed by atoms with Gasteiger partial charge < -0.3 is 10.3 Å². The first kappa shape index (κ1) is 16.0. The Bertz CT molecular complexity index is 873. The van der Waals surface area contributed by atoms with E-state index in [1.54, 1.807) is 0 Å². The van der Waals surface area contributed by atoms with E-state index in [4.69, 9.17) is 11.6 Å². The molecule has 0 bridgehead atoms. The number of allylic oxidation sites excluding steroid dienone is 2. The molecule has 0 radical (unpaired) electrons. The van der Waals surface area contributed by atoms with Gasteiger partial charge >= 0.3 is 0 Å². The molecule has 126 valence electrons. The minimum absolute atomic E-state index is 0.0238. The van der Waals surface area contributed by atoms with Crippen molar-refractivity contribution in [3.8, 4) is 0 Å². The lowest BCUT2D eigenvalue weighted by molar-refractivity contribution is -0.553. The van der Waals surface area contributed by atoms with E-state index in [0.29, 0.717) is 5.92 Å². The standard InChI is InChI=1S/C21H25ClN2/c1-6-21(4)16(22)10-14-18(19(21)23-5)12-11-24-15-9-7-8-13(17(12)15)20(14,2)3/h6-9,11,14,16,24H,1,5,10,23H2,2-4H3/t14-,16+,21-/m0/s1. The molecular weight excluding hydrogens is 316 g/mol. The van der Waals surface area contributed by atoms with Gasteiger partial charge in [0.05, 0.1) is 16.5 Å². The minimum Gasteiger partial charge on any atom is -0.448 e. The van der Waals surface area contributed by atoms with Gasteiger partial charge in [-0.3, -0.25) is 0 Å². The van der Waals surface area contributed by atoms with E-state index >= 15 is 0 Å². The average molecular weight is 341 g/mol. The number of hydrogen-bond donors (Lipinski definition) is 2. The maximum absolute atomic E-state index is 6.89. The van der Waals surface area contributed by atoms with Gasteiger partial charge in [0.15, 0.2) is 0 Å². The van der Waals surface area contributed by atoms with E-state index in [0.717, 1.165) is 6.42 Å². The molecule has 0 saturated carbocycles. The molecule has 0 spiro atoms. The van der Waals surface area contributed by atoms with Gasteiger partial charge in [0.2, 0.25) is 0 Å². The van der Waals surface area contributed by atoms with Crippen molar-refractivity contribution in [2.45, 2.75) is 38.0 Å². The Labute approximate surface area is 149 Å². The van der Waals surface area contributed by atoms with Crippen molar-refractivity contribution in [2.24, 2.45) is 11.3 Å². The first-order valence-electron chi connectivity index (χ1n) is 8.62. The number of halogens is 1. The van der Waals surface area contributed by atoms with Crippen LogP contribution in [0, 0.1) is 18.4 Å². The molecule has 1 aromatic heterocycles. The van der Waals surface area contributed by atoms with Crippen LogP contribution in [0.2, 0.25) is 0 Å². The number of nitrogens with one attached hydrogen (secondary N) is 1. The van der Waals surface area contributed by atoms with Crippen LogP contribution in [0.25, 0.3) is 16.5 Å². The third-order valence-corrected chi connectivity index (χ3v) is 7.13. The van der Waals surface area contributed by atoms with Crippen LogP contribution in [-0.4, -0.2) is 10.4 Å². The van der Waals surface area contributed by atoms with E-state index < -0.39 is 0 Å². The van der Waals surface area contributed by atoms with Crippen molar-refractivity contribution >= 4 is 28.1 Å². The number of benzene rings is 1. The largest absolute Gasteiger partial charge is 0.448 e. The minimum atomic E-state index is -0.249. The summed E-state index contributed by atoms with van der Waals surface area (Å²) in [6, 6.07) is 6.58. The smallest absolute Gasteiger partial charge is 0.0948 e. The Balaban J connectivity index is 2.15. The molecule has 0 amide bonds. The highest BCUT2D eigenvalue weighted by atomic mass is 35.5. The van der Waals surface area contributed by atoms with E-state index in [2.05, 4.69) is 63.8 Å². The number of H-pyrrole nitrogens is 1. The highest BCUT2D eigenvalue weighted by Gasteiger charge is 2.52. The number of quaternary nitrogens is 1. The van der Waals surface area contributed by atoms with E-state index in [9.17, 15) is 0 Å². The number of alkyl halides is 1. The molecular formula is C21H25ClN2. The normalized spacial score (nSPS) is 31.2. The van der Waals surface area contributed by atoms with Crippen molar-refractivity contribution in [1.82, 2.24) is 4.98 Å². The van der Waals surface area contributed by atoms with Gasteiger partial charge in [-0.25, -0.2) is 0 Å². The molecule has 3 atom stereocenters. The summed E-state index contributed by atoms with van der Waals surface area (Å²) in [5.41, 5.74) is 6.36. The fourth-order valence-electron chi connectivity index (χ4n) is 4.89. The molecule has 3 N–H and O–H groups in total. The van der Waals surface area contributed by atoms with Gasteiger partial charge in [0.25, 0.3) is 0 Å². The summed E-state index contributed by atoms with van der Waals surface area (Å²) < 4.78 is 0. The van der Waals surface area contributed by atoms with Crippen LogP contribution >= 0.6 is 11.6 Å². The number of nitrogens with two attached hydrogens (primary N) is 1. The van der Waals surface area contributed by atoms with Crippen molar-refractivity contribution in [1.29, 1.82) is 0 Å². The molecule has 2 aromatic rings. The highest BCUT2D eigenvalue weighted by Crippen LogP contribution is 2.58. The predicted molar refractivity (Wildman–Crippen MR) is 102 cm³/mol. The molecule has 3 heteroatoms. The van der Waals surface area contributed by atoms with Gasteiger partial charge in [-0.2, -0.15) is 0 Å². The van der Waals surface area contributed by atoms with E-state index in [1.165, 1.54) is 33.3 Å². The van der Waals surface area contributed by atoms with Gasteiger partial charge in [-0.1, -0.05) is 32.1 Å². The van der Waals surface area contributed by atoms with Crippen LogP contribution < -0.4 is 5.32 Å². The Morgan fingerprint density at radius 2 is 2.12 bits per heavy atom. The zero-order chi connectivity index (χ0) is 17.3. The summed E-state index contributed by atoms with van der Waals surface area (Å²) >= 11 is 6.89. The quantitative estimate of drug-likeness (QED) is 0.463. The second-order valence-corrected chi connectivity index (χ2v) is 8.45. The lowest BCUT2D eigenvalue weighted by atomic mass is 9.56. The molecule has 1 aromatic carbocycles. The Morgan fingerprint density at radius 3 is 2.79 bits per heavy atom. The number of aromatic nitrogens is 1. The highest BCUT2D eigenvalue weighted by molar-refractivity contribution is 6.22. The fraction of sp³-hybridized carbons (Fsp3) is 0.381. The monoisotopic (exact) mass is 340 g/mol. The van der Waals surface area contributed by atoms with E-state index in [-0.39, 0.29) is 16.2 Å². The molecule has 0 aliphatic heterocycles. The summed E-state index contributed by atoms with van der Waals surface area (Å²) in [6.45, 7) is 11.0. The topological polar surface area (TPSA) is 32.4 Å². The summed E-state index contributed by atoms with van der Waals surface area (Å²) in [5.74, 6) is 0.384. The SMILES string of the molecule is C=C[C@]1(C)C([NH2+][CH2-])=C2c3c[nH]c4cccc(c34)C(C)(C)[C@H]2C[C@H]1Cl. The molecule has 4 rings (SSSR count). The van der Waals surface area contributed by atoms with Crippen molar-refractivity contribution < 1.29 is 5.32 Å². The maximum atomic E-state index is 6.89. The van der Waals surface area contributed by atoms with Crippen molar-refractivity contribution in [3.05, 3.63) is 60.9 Å². The second-order valence-electron chi connectivity index (χ2n) is 7.93. The molecule has 0 fully saturated rings. The van der Waals surface area contributed by atoms with E-state index in [1.807, 2.05) is 11.4 Å². The molecule has 0 saturated heterocycles. The first-order valence-corrected chi connectivity index (χ1v) is 9.05. The number of fused-ring (bicyclic) bond motifs is 2. The van der Waals surface area contributed by atoms with Crippen LogP contribution in [-0.2, 0) is 5.41 Å². The summed E-state index contributed by atoms with van der Waals surface area (Å²) in [5, 5.41) is 3.38.